The third kappa shape index (κ3) is 4.12. The first-order valence-corrected chi connectivity index (χ1v) is 11.3. The summed E-state index contributed by atoms with van der Waals surface area (Å²) in [5.74, 6) is 0.321. The van der Waals surface area contributed by atoms with Crippen molar-refractivity contribution >= 4 is 15.6 Å². The molecule has 3 rings (SSSR count). The molecule has 0 amide bonds. The van der Waals surface area contributed by atoms with Crippen molar-refractivity contribution in [3.8, 4) is 11.4 Å². The predicted octanol–water partition coefficient (Wildman–Crippen LogP) is 4.23. The third-order valence-corrected chi connectivity index (χ3v) is 7.05. The molecule has 0 saturated heterocycles. The molecule has 0 bridgehead atoms. The van der Waals surface area contributed by atoms with Gasteiger partial charge in [-0.25, -0.2) is 13.1 Å². The molecule has 0 aliphatic rings. The number of aromatic nitrogens is 3. The highest BCUT2D eigenvalue weighted by Gasteiger charge is 2.27. The Kier molecular flexibility index (Phi) is 5.80. The maximum Gasteiger partial charge on any atom is 0.227 e. The highest BCUT2D eigenvalue weighted by Crippen LogP contribution is 2.31. The van der Waals surface area contributed by atoms with Crippen LogP contribution in [0.2, 0.25) is 0 Å². The highest BCUT2D eigenvalue weighted by molar-refractivity contribution is 7.91. The van der Waals surface area contributed by atoms with Gasteiger partial charge in [-0.05, 0) is 61.6 Å². The molecule has 1 aromatic heterocycles. The second-order valence-corrected chi connectivity index (χ2v) is 10.4. The SMILES string of the molecule is COc1cc(C(C)=O)c(C)cc1-n1nnc(S(=O)(=O)c2ccc(C(C)(C)C)cc2)c1C. The molecule has 31 heavy (non-hydrogen) atoms. The fraction of sp³-hybridized carbons (Fsp3) is 0.348. The van der Waals surface area contributed by atoms with Crippen molar-refractivity contribution in [2.45, 2.75) is 56.9 Å². The van der Waals surface area contributed by atoms with Crippen molar-refractivity contribution in [1.29, 1.82) is 0 Å². The Hall–Kier alpha value is -3.00. The lowest BCUT2D eigenvalue weighted by Gasteiger charge is -2.19. The first kappa shape index (κ1) is 22.7. The van der Waals surface area contributed by atoms with E-state index < -0.39 is 9.84 Å². The topological polar surface area (TPSA) is 91.2 Å². The summed E-state index contributed by atoms with van der Waals surface area (Å²) < 4.78 is 33.3. The summed E-state index contributed by atoms with van der Waals surface area (Å²) in [5, 5.41) is 7.94. The molecule has 164 valence electrons. The number of ketones is 1. The van der Waals surface area contributed by atoms with E-state index in [2.05, 4.69) is 31.1 Å². The highest BCUT2D eigenvalue weighted by atomic mass is 32.2. The van der Waals surface area contributed by atoms with Gasteiger partial charge in [0.15, 0.2) is 5.78 Å². The van der Waals surface area contributed by atoms with Gasteiger partial charge in [0.05, 0.1) is 17.7 Å². The summed E-state index contributed by atoms with van der Waals surface area (Å²) in [6, 6.07) is 10.2. The molecule has 0 aliphatic heterocycles. The fourth-order valence-corrected chi connectivity index (χ4v) is 4.76. The van der Waals surface area contributed by atoms with Crippen LogP contribution in [0.5, 0.6) is 5.75 Å². The normalized spacial score (nSPS) is 12.1. The molecule has 0 aliphatic carbocycles. The average Bonchev–Trinajstić information content (AvgIpc) is 3.09. The number of ether oxygens (including phenoxy) is 1. The van der Waals surface area contributed by atoms with Gasteiger partial charge >= 0.3 is 0 Å². The number of Topliss-reactive ketones (excluding diaryl/α,β-unsaturated/α-hetero) is 1. The van der Waals surface area contributed by atoms with Crippen LogP contribution in [0, 0.1) is 13.8 Å². The van der Waals surface area contributed by atoms with Crippen LogP contribution in [0.25, 0.3) is 5.69 Å². The van der Waals surface area contributed by atoms with Crippen LogP contribution in [0.15, 0.2) is 46.3 Å². The molecule has 3 aromatic rings. The lowest BCUT2D eigenvalue weighted by atomic mass is 9.87. The smallest absolute Gasteiger partial charge is 0.227 e. The molecule has 8 heteroatoms. The van der Waals surface area contributed by atoms with Crippen LogP contribution < -0.4 is 4.74 Å². The molecule has 0 unspecified atom stereocenters. The van der Waals surface area contributed by atoms with Gasteiger partial charge in [0.2, 0.25) is 14.9 Å². The van der Waals surface area contributed by atoms with E-state index in [-0.39, 0.29) is 21.1 Å². The molecule has 7 nitrogen and oxygen atoms in total. The zero-order chi connectivity index (χ0) is 23.1. The monoisotopic (exact) mass is 441 g/mol. The van der Waals surface area contributed by atoms with Gasteiger partial charge < -0.3 is 4.74 Å². The summed E-state index contributed by atoms with van der Waals surface area (Å²) in [5.41, 5.74) is 3.10. The molecule has 0 spiro atoms. The number of hydrogen-bond donors (Lipinski definition) is 0. The molecular weight excluding hydrogens is 414 g/mol. The van der Waals surface area contributed by atoms with Gasteiger partial charge in [-0.1, -0.05) is 38.1 Å². The van der Waals surface area contributed by atoms with E-state index >= 15 is 0 Å². The van der Waals surface area contributed by atoms with Gasteiger partial charge in [-0.3, -0.25) is 4.79 Å². The summed E-state index contributed by atoms with van der Waals surface area (Å²) >= 11 is 0. The number of sulfone groups is 1. The quantitative estimate of drug-likeness (QED) is 0.551. The number of carbonyl (C=O) groups excluding carboxylic acids is 1. The Balaban J connectivity index is 2.10. The molecular formula is C23H27N3O4S. The van der Waals surface area contributed by atoms with Crippen LogP contribution in [0.4, 0.5) is 0 Å². The third-order valence-electron chi connectivity index (χ3n) is 5.27. The van der Waals surface area contributed by atoms with Gasteiger partial charge in [0.1, 0.15) is 11.4 Å². The Labute approximate surface area is 183 Å². The Morgan fingerprint density at radius 2 is 1.68 bits per heavy atom. The summed E-state index contributed by atoms with van der Waals surface area (Å²) in [6.07, 6.45) is 0. The second-order valence-electron chi connectivity index (χ2n) is 8.56. The van der Waals surface area contributed by atoms with E-state index in [1.54, 1.807) is 38.1 Å². The van der Waals surface area contributed by atoms with E-state index in [4.69, 9.17) is 4.74 Å². The minimum absolute atomic E-state index is 0.0816. The van der Waals surface area contributed by atoms with E-state index in [0.717, 1.165) is 11.1 Å². The molecule has 0 fully saturated rings. The van der Waals surface area contributed by atoms with Crippen molar-refractivity contribution < 1.29 is 17.9 Å². The van der Waals surface area contributed by atoms with E-state index in [0.29, 0.717) is 22.7 Å². The average molecular weight is 442 g/mol. The number of methoxy groups -OCH3 is 1. The van der Waals surface area contributed by atoms with Crippen molar-refractivity contribution in [2.75, 3.05) is 7.11 Å². The van der Waals surface area contributed by atoms with Gasteiger partial charge in [0.25, 0.3) is 0 Å². The van der Waals surface area contributed by atoms with E-state index in [9.17, 15) is 13.2 Å². The van der Waals surface area contributed by atoms with Crippen molar-refractivity contribution in [2.24, 2.45) is 0 Å². The molecule has 0 saturated carbocycles. The largest absolute Gasteiger partial charge is 0.494 e. The molecule has 0 atom stereocenters. The molecule has 2 aromatic carbocycles. The van der Waals surface area contributed by atoms with Crippen molar-refractivity contribution in [3.63, 3.8) is 0 Å². The number of carbonyl (C=O) groups is 1. The van der Waals surface area contributed by atoms with Crippen molar-refractivity contribution in [3.05, 3.63) is 58.8 Å². The summed E-state index contributed by atoms with van der Waals surface area (Å²) in [7, 11) is -2.37. The number of aryl methyl sites for hydroxylation is 1. The Morgan fingerprint density at radius 3 is 2.19 bits per heavy atom. The van der Waals surface area contributed by atoms with Gasteiger partial charge in [0, 0.05) is 5.56 Å². The minimum Gasteiger partial charge on any atom is -0.494 e. The summed E-state index contributed by atoms with van der Waals surface area (Å²) in [6.45, 7) is 11.1. The van der Waals surface area contributed by atoms with E-state index in [1.807, 2.05) is 12.1 Å². The standard InChI is InChI=1S/C23H27N3O4S/c1-14-12-20(21(30-7)13-19(14)16(3)27)26-15(2)22(24-25-26)31(28,29)18-10-8-17(9-11-18)23(4,5)6/h8-13H,1-7H3. The van der Waals surface area contributed by atoms with Gasteiger partial charge in [-0.15, -0.1) is 5.10 Å². The van der Waals surface area contributed by atoms with Crippen LogP contribution in [-0.4, -0.2) is 36.3 Å². The van der Waals surface area contributed by atoms with Crippen LogP contribution >= 0.6 is 0 Å². The number of nitrogens with zero attached hydrogens (tertiary/aromatic N) is 3. The summed E-state index contributed by atoms with van der Waals surface area (Å²) in [4.78, 5) is 12.0. The Morgan fingerprint density at radius 1 is 1.06 bits per heavy atom. The zero-order valence-corrected chi connectivity index (χ0v) is 19.7. The number of hydrogen-bond acceptors (Lipinski definition) is 6. The van der Waals surface area contributed by atoms with Crippen LogP contribution in [-0.2, 0) is 15.3 Å². The second kappa shape index (κ2) is 7.92. The Bertz CT molecular complexity index is 1250. The zero-order valence-electron chi connectivity index (χ0n) is 18.8. The minimum atomic E-state index is -3.86. The van der Waals surface area contributed by atoms with Crippen LogP contribution in [0.1, 0.15) is 54.9 Å². The van der Waals surface area contributed by atoms with Crippen LogP contribution in [0.3, 0.4) is 0 Å². The first-order valence-electron chi connectivity index (χ1n) is 9.85. The maximum atomic E-state index is 13.2. The predicted molar refractivity (Wildman–Crippen MR) is 118 cm³/mol. The molecule has 0 radical (unpaired) electrons. The fourth-order valence-electron chi connectivity index (χ4n) is 3.42. The number of rotatable bonds is 5. The maximum absolute atomic E-state index is 13.2. The molecule has 0 N–H and O–H groups in total. The van der Waals surface area contributed by atoms with Crippen molar-refractivity contribution in [1.82, 2.24) is 15.0 Å². The number of benzene rings is 2. The first-order chi connectivity index (χ1) is 14.4. The molecule has 1 heterocycles. The van der Waals surface area contributed by atoms with Gasteiger partial charge in [-0.2, -0.15) is 0 Å². The van der Waals surface area contributed by atoms with E-state index in [1.165, 1.54) is 18.7 Å². The lowest BCUT2D eigenvalue weighted by molar-refractivity contribution is 0.101. The lowest BCUT2D eigenvalue weighted by Crippen LogP contribution is -2.12.